The number of aliphatic carboxylic acids is 1. The zero-order valence-electron chi connectivity index (χ0n) is 9.28. The van der Waals surface area contributed by atoms with Crippen molar-refractivity contribution in [1.82, 2.24) is 0 Å². The number of hydrogen-bond acceptors (Lipinski definition) is 3. The van der Waals surface area contributed by atoms with Crippen molar-refractivity contribution >= 4 is 29.3 Å². The van der Waals surface area contributed by atoms with Crippen molar-refractivity contribution in [1.29, 1.82) is 0 Å². The molecule has 1 aromatic rings. The summed E-state index contributed by atoms with van der Waals surface area (Å²) in [6, 6.07) is 3.54. The molecule has 1 unspecified atom stereocenters. The Kier molecular flexibility index (Phi) is 4.50. The highest BCUT2D eigenvalue weighted by molar-refractivity contribution is 8.00. The quantitative estimate of drug-likeness (QED) is 0.845. The van der Waals surface area contributed by atoms with Crippen LogP contribution in [0.3, 0.4) is 0 Å². The Morgan fingerprint density at radius 3 is 2.69 bits per heavy atom. The van der Waals surface area contributed by atoms with Gasteiger partial charge in [-0.15, -0.1) is 11.8 Å². The topological polar surface area (TPSA) is 46.5 Å². The van der Waals surface area contributed by atoms with E-state index in [1.807, 2.05) is 6.92 Å². The second-order valence-electron chi connectivity index (χ2n) is 3.35. The number of benzene rings is 1. The number of thioether (sulfide) groups is 1. The van der Waals surface area contributed by atoms with Gasteiger partial charge in [-0.05, 0) is 31.5 Å². The van der Waals surface area contributed by atoms with Crippen LogP contribution in [0.4, 0.5) is 0 Å². The van der Waals surface area contributed by atoms with Crippen LogP contribution in [0.5, 0.6) is 5.75 Å². The first-order valence-electron chi connectivity index (χ1n) is 4.69. The molecule has 0 aliphatic rings. The van der Waals surface area contributed by atoms with Crippen molar-refractivity contribution in [2.24, 2.45) is 0 Å². The van der Waals surface area contributed by atoms with Crippen LogP contribution in [0.15, 0.2) is 17.0 Å². The molecule has 0 aliphatic heterocycles. The molecule has 88 valence electrons. The number of carbonyl (C=O) groups is 1. The van der Waals surface area contributed by atoms with Crippen molar-refractivity contribution in [3.8, 4) is 5.75 Å². The summed E-state index contributed by atoms with van der Waals surface area (Å²) in [6.45, 7) is 3.50. The zero-order valence-corrected chi connectivity index (χ0v) is 10.9. The average molecular weight is 261 g/mol. The van der Waals surface area contributed by atoms with Gasteiger partial charge in [0.1, 0.15) is 11.0 Å². The first-order chi connectivity index (χ1) is 7.45. The normalized spacial score (nSPS) is 12.2. The van der Waals surface area contributed by atoms with Gasteiger partial charge >= 0.3 is 5.97 Å². The predicted molar refractivity (Wildman–Crippen MR) is 65.7 cm³/mol. The molecule has 1 N–H and O–H groups in total. The third kappa shape index (κ3) is 3.06. The third-order valence-electron chi connectivity index (χ3n) is 2.10. The Labute approximate surface area is 104 Å². The van der Waals surface area contributed by atoms with Crippen molar-refractivity contribution in [3.05, 3.63) is 22.7 Å². The summed E-state index contributed by atoms with van der Waals surface area (Å²) in [7, 11) is 1.55. The lowest BCUT2D eigenvalue weighted by molar-refractivity contribution is -0.136. The van der Waals surface area contributed by atoms with E-state index in [1.54, 1.807) is 26.2 Å². The minimum Gasteiger partial charge on any atom is -0.496 e. The van der Waals surface area contributed by atoms with Crippen LogP contribution in [-0.4, -0.2) is 23.4 Å². The number of methoxy groups -OCH3 is 1. The number of halogens is 1. The standard InChI is InChI=1S/C11H13ClO3S/c1-6-4-9(15-3)10(5-8(6)12)16-7(2)11(13)14/h4-5,7H,1-3H3,(H,13,14). The van der Waals surface area contributed by atoms with Crippen molar-refractivity contribution in [3.63, 3.8) is 0 Å². The smallest absolute Gasteiger partial charge is 0.316 e. The van der Waals surface area contributed by atoms with E-state index in [9.17, 15) is 4.79 Å². The molecule has 0 bridgehead atoms. The largest absolute Gasteiger partial charge is 0.496 e. The fraction of sp³-hybridized carbons (Fsp3) is 0.364. The van der Waals surface area contributed by atoms with E-state index in [2.05, 4.69) is 0 Å². The lowest BCUT2D eigenvalue weighted by Crippen LogP contribution is -2.11. The minimum atomic E-state index is -0.858. The maximum atomic E-state index is 10.8. The van der Waals surface area contributed by atoms with E-state index in [-0.39, 0.29) is 0 Å². The van der Waals surface area contributed by atoms with Crippen LogP contribution < -0.4 is 4.74 Å². The molecule has 0 spiro atoms. The molecule has 1 atom stereocenters. The summed E-state index contributed by atoms with van der Waals surface area (Å²) in [6.07, 6.45) is 0. The highest BCUT2D eigenvalue weighted by atomic mass is 35.5. The lowest BCUT2D eigenvalue weighted by atomic mass is 10.2. The number of ether oxygens (including phenoxy) is 1. The van der Waals surface area contributed by atoms with E-state index in [1.165, 1.54) is 11.8 Å². The average Bonchev–Trinajstić information content (AvgIpc) is 2.22. The summed E-state index contributed by atoms with van der Waals surface area (Å²) in [5.74, 6) is -0.205. The SMILES string of the molecule is COc1cc(C)c(Cl)cc1SC(C)C(=O)O. The van der Waals surface area contributed by atoms with Crippen LogP contribution in [0.2, 0.25) is 5.02 Å². The van der Waals surface area contributed by atoms with Gasteiger partial charge in [0.15, 0.2) is 0 Å². The summed E-state index contributed by atoms with van der Waals surface area (Å²) in [5.41, 5.74) is 0.908. The van der Waals surface area contributed by atoms with E-state index in [4.69, 9.17) is 21.4 Å². The Morgan fingerprint density at radius 1 is 1.56 bits per heavy atom. The van der Waals surface area contributed by atoms with Crippen LogP contribution in [0, 0.1) is 6.92 Å². The van der Waals surface area contributed by atoms with Crippen LogP contribution in [0.1, 0.15) is 12.5 Å². The Bertz CT molecular complexity index is 406. The molecular formula is C11H13ClO3S. The number of hydrogen-bond donors (Lipinski definition) is 1. The molecule has 0 saturated carbocycles. The molecule has 0 saturated heterocycles. The van der Waals surface area contributed by atoms with Crippen molar-refractivity contribution < 1.29 is 14.6 Å². The van der Waals surface area contributed by atoms with Crippen LogP contribution >= 0.6 is 23.4 Å². The van der Waals surface area contributed by atoms with Gasteiger partial charge in [-0.3, -0.25) is 4.79 Å². The first-order valence-corrected chi connectivity index (χ1v) is 5.95. The third-order valence-corrected chi connectivity index (χ3v) is 3.63. The van der Waals surface area contributed by atoms with Gasteiger partial charge in [-0.25, -0.2) is 0 Å². The second-order valence-corrected chi connectivity index (χ2v) is 5.14. The van der Waals surface area contributed by atoms with Crippen molar-refractivity contribution in [2.75, 3.05) is 7.11 Å². The molecule has 0 aliphatic carbocycles. The highest BCUT2D eigenvalue weighted by Crippen LogP contribution is 2.36. The summed E-state index contributed by atoms with van der Waals surface area (Å²) >= 11 is 7.21. The molecule has 1 rings (SSSR count). The summed E-state index contributed by atoms with van der Waals surface area (Å²) in [5, 5.41) is 8.91. The highest BCUT2D eigenvalue weighted by Gasteiger charge is 2.16. The second kappa shape index (κ2) is 5.46. The fourth-order valence-corrected chi connectivity index (χ4v) is 2.28. The molecule has 0 amide bonds. The number of carboxylic acids is 1. The van der Waals surface area contributed by atoms with Gasteiger partial charge in [0, 0.05) is 5.02 Å². The monoisotopic (exact) mass is 260 g/mol. The number of rotatable bonds is 4. The van der Waals surface area contributed by atoms with Gasteiger partial charge in [0.25, 0.3) is 0 Å². The molecular weight excluding hydrogens is 248 g/mol. The summed E-state index contributed by atoms with van der Waals surface area (Å²) in [4.78, 5) is 11.5. The van der Waals surface area contributed by atoms with E-state index < -0.39 is 11.2 Å². The Balaban J connectivity index is 3.03. The maximum absolute atomic E-state index is 10.8. The minimum absolute atomic E-state index is 0.535. The lowest BCUT2D eigenvalue weighted by Gasteiger charge is -2.12. The molecule has 5 heteroatoms. The van der Waals surface area contributed by atoms with E-state index in [0.29, 0.717) is 10.8 Å². The maximum Gasteiger partial charge on any atom is 0.316 e. The van der Waals surface area contributed by atoms with E-state index >= 15 is 0 Å². The molecule has 0 fully saturated rings. The van der Waals surface area contributed by atoms with Crippen LogP contribution in [-0.2, 0) is 4.79 Å². The fourth-order valence-electron chi connectivity index (χ4n) is 1.13. The van der Waals surface area contributed by atoms with E-state index in [0.717, 1.165) is 10.5 Å². The van der Waals surface area contributed by atoms with Gasteiger partial charge in [0.05, 0.1) is 12.0 Å². The van der Waals surface area contributed by atoms with Crippen molar-refractivity contribution in [2.45, 2.75) is 24.0 Å². The predicted octanol–water partition coefficient (Wildman–Crippen LogP) is 3.22. The molecule has 0 heterocycles. The van der Waals surface area contributed by atoms with Gasteiger partial charge in [-0.1, -0.05) is 11.6 Å². The Morgan fingerprint density at radius 2 is 2.19 bits per heavy atom. The van der Waals surface area contributed by atoms with Crippen LogP contribution in [0.25, 0.3) is 0 Å². The molecule has 0 radical (unpaired) electrons. The molecule has 1 aromatic carbocycles. The number of carboxylic acid groups (broad SMARTS) is 1. The van der Waals surface area contributed by atoms with Gasteiger partial charge in [-0.2, -0.15) is 0 Å². The summed E-state index contributed by atoms with van der Waals surface area (Å²) < 4.78 is 5.19. The Hall–Kier alpha value is -0.870. The first kappa shape index (κ1) is 13.2. The zero-order chi connectivity index (χ0) is 12.3. The van der Waals surface area contributed by atoms with Gasteiger partial charge < -0.3 is 9.84 Å². The van der Waals surface area contributed by atoms with Gasteiger partial charge in [0.2, 0.25) is 0 Å². The number of aryl methyl sites for hydroxylation is 1. The molecule has 0 aromatic heterocycles. The molecule has 3 nitrogen and oxygen atoms in total. The molecule has 16 heavy (non-hydrogen) atoms.